The van der Waals surface area contributed by atoms with E-state index in [0.29, 0.717) is 17.4 Å². The maximum Gasteiger partial charge on any atom is 0.306 e. The van der Waals surface area contributed by atoms with Crippen LogP contribution in [0.25, 0.3) is 0 Å². The zero-order valence-electron chi connectivity index (χ0n) is 57.6. The highest BCUT2D eigenvalue weighted by Crippen LogP contribution is 2.18. The molecule has 0 aliphatic carbocycles. The maximum absolute atomic E-state index is 12.9. The van der Waals surface area contributed by atoms with Gasteiger partial charge in [0.25, 0.3) is 0 Å². The van der Waals surface area contributed by atoms with Gasteiger partial charge in [0.05, 0.1) is 40.3 Å². The number of hydrogen-bond donors (Lipinski definition) is 0. The van der Waals surface area contributed by atoms with Crippen molar-refractivity contribution in [3.63, 3.8) is 0 Å². The second kappa shape index (κ2) is 68.4. The van der Waals surface area contributed by atoms with Crippen molar-refractivity contribution in [2.45, 2.75) is 347 Å². The normalized spacial score (nSPS) is 13.2. The van der Waals surface area contributed by atoms with Crippen LogP contribution in [0.5, 0.6) is 0 Å². The molecular formula is C78H139NO8. The summed E-state index contributed by atoms with van der Waals surface area (Å²) in [5, 5.41) is 11.8. The molecule has 0 rings (SSSR count). The number of aliphatic carboxylic acids is 1. The van der Waals surface area contributed by atoms with Gasteiger partial charge in [0.2, 0.25) is 0 Å². The number of nitrogens with zero attached hydrogens (tertiary/aromatic N) is 1. The standard InChI is InChI=1S/C78H139NO8/c1-6-8-10-12-14-16-18-20-22-24-26-28-30-31-32-33-34-35-36-37-38-39-40-41-42-43-44-45-47-48-50-52-54-56-58-60-62-64-66-68-75(80)85-72-74(73-86-78(77(82)83)84-71-70-79(3,4)5)87-76(81)69-67-65-63-61-59-57-55-53-51-49-46-29-27-25-23-21-19-17-15-13-11-9-7-2/h9,11,15,17,21,23-24,26-27,29,49,51,55,57,74,78H,6-8,10,12-14,16,18-20,22,25,28,30-48,50,52-54,56,58-73H2,1-5H3/b11-9-,17-15-,23-21-,26-24-,29-27-,51-49-,57-55-. The molecule has 0 saturated carbocycles. The first kappa shape index (κ1) is 83.5. The van der Waals surface area contributed by atoms with Gasteiger partial charge < -0.3 is 33.3 Å². The van der Waals surface area contributed by atoms with Gasteiger partial charge in [0.1, 0.15) is 13.2 Å². The lowest BCUT2D eigenvalue weighted by Crippen LogP contribution is -2.44. The van der Waals surface area contributed by atoms with Crippen LogP contribution < -0.4 is 5.11 Å². The van der Waals surface area contributed by atoms with E-state index in [1.165, 1.54) is 218 Å². The molecule has 0 aromatic carbocycles. The topological polar surface area (TPSA) is 111 Å². The van der Waals surface area contributed by atoms with Crippen molar-refractivity contribution in [2.24, 2.45) is 0 Å². The summed E-state index contributed by atoms with van der Waals surface area (Å²) in [5.74, 6) is -2.31. The van der Waals surface area contributed by atoms with E-state index in [2.05, 4.69) is 98.9 Å². The average Bonchev–Trinajstić information content (AvgIpc) is 3.50. The van der Waals surface area contributed by atoms with Crippen LogP contribution in [0.2, 0.25) is 0 Å². The largest absolute Gasteiger partial charge is 0.545 e. The Hall–Kier alpha value is -3.53. The van der Waals surface area contributed by atoms with Gasteiger partial charge in [-0.15, -0.1) is 0 Å². The monoisotopic (exact) mass is 1220 g/mol. The molecule has 9 nitrogen and oxygen atoms in total. The minimum Gasteiger partial charge on any atom is -0.545 e. The van der Waals surface area contributed by atoms with Gasteiger partial charge in [-0.05, 0) is 89.9 Å². The van der Waals surface area contributed by atoms with Crippen LogP contribution in [-0.2, 0) is 33.3 Å². The number of ether oxygens (including phenoxy) is 4. The van der Waals surface area contributed by atoms with E-state index in [4.69, 9.17) is 18.9 Å². The van der Waals surface area contributed by atoms with E-state index in [1.54, 1.807) is 0 Å². The van der Waals surface area contributed by atoms with Crippen molar-refractivity contribution in [3.8, 4) is 0 Å². The zero-order chi connectivity index (χ0) is 63.3. The molecule has 0 heterocycles. The third-order valence-electron chi connectivity index (χ3n) is 16.1. The highest BCUT2D eigenvalue weighted by Gasteiger charge is 2.22. The van der Waals surface area contributed by atoms with E-state index in [-0.39, 0.29) is 38.6 Å². The van der Waals surface area contributed by atoms with Crippen LogP contribution in [0.1, 0.15) is 335 Å². The summed E-state index contributed by atoms with van der Waals surface area (Å²) in [6, 6.07) is 0. The molecule has 87 heavy (non-hydrogen) atoms. The predicted octanol–water partition coefficient (Wildman–Crippen LogP) is 21.7. The third kappa shape index (κ3) is 69.8. The molecule has 504 valence electrons. The first-order valence-electron chi connectivity index (χ1n) is 36.7. The smallest absolute Gasteiger partial charge is 0.306 e. The summed E-state index contributed by atoms with van der Waals surface area (Å²) in [6.07, 6.45) is 89.9. The molecule has 0 bridgehead atoms. The van der Waals surface area contributed by atoms with Gasteiger partial charge in [0.15, 0.2) is 12.4 Å². The first-order chi connectivity index (χ1) is 42.6. The second-order valence-electron chi connectivity index (χ2n) is 25.9. The molecule has 9 heteroatoms. The molecule has 0 saturated heterocycles. The second-order valence-corrected chi connectivity index (χ2v) is 25.9. The molecule has 0 aromatic heterocycles. The molecule has 2 atom stereocenters. The van der Waals surface area contributed by atoms with Gasteiger partial charge in [-0.1, -0.05) is 317 Å². The molecule has 2 unspecified atom stereocenters. The lowest BCUT2D eigenvalue weighted by Gasteiger charge is -2.26. The highest BCUT2D eigenvalue weighted by molar-refractivity contribution is 5.70. The average molecular weight is 1220 g/mol. The molecule has 0 fully saturated rings. The fraction of sp³-hybridized carbons (Fsp3) is 0.782. The van der Waals surface area contributed by atoms with Crippen molar-refractivity contribution in [3.05, 3.63) is 85.1 Å². The van der Waals surface area contributed by atoms with Crippen LogP contribution in [0.15, 0.2) is 85.1 Å². The highest BCUT2D eigenvalue weighted by atomic mass is 16.7. The van der Waals surface area contributed by atoms with E-state index >= 15 is 0 Å². The van der Waals surface area contributed by atoms with Gasteiger partial charge >= 0.3 is 11.9 Å². The minimum absolute atomic E-state index is 0.140. The Labute approximate surface area is 538 Å². The summed E-state index contributed by atoms with van der Waals surface area (Å²) in [7, 11) is 5.92. The lowest BCUT2D eigenvalue weighted by molar-refractivity contribution is -0.870. The number of carboxylic acid groups (broad SMARTS) is 1. The molecule has 0 N–H and O–H groups in total. The van der Waals surface area contributed by atoms with Crippen LogP contribution in [-0.4, -0.2) is 82.3 Å². The van der Waals surface area contributed by atoms with Crippen LogP contribution in [0.3, 0.4) is 0 Å². The Morgan fingerprint density at radius 3 is 0.989 bits per heavy atom. The van der Waals surface area contributed by atoms with Crippen LogP contribution >= 0.6 is 0 Å². The molecular weight excluding hydrogens is 1080 g/mol. The summed E-state index contributed by atoms with van der Waals surface area (Å²) in [6.45, 7) is 4.63. The van der Waals surface area contributed by atoms with E-state index < -0.39 is 24.3 Å². The van der Waals surface area contributed by atoms with Crippen molar-refractivity contribution in [2.75, 3.05) is 47.5 Å². The number of carboxylic acids is 1. The number of carbonyl (C=O) groups is 3. The molecule has 0 radical (unpaired) electrons. The Kier molecular flexibility index (Phi) is 65.6. The third-order valence-corrected chi connectivity index (χ3v) is 16.1. The summed E-state index contributed by atoms with van der Waals surface area (Å²) < 4.78 is 22.8. The number of rotatable bonds is 68. The number of quaternary nitrogens is 1. The fourth-order valence-corrected chi connectivity index (χ4v) is 10.5. The molecule has 0 aromatic rings. The number of likely N-dealkylation sites (N-methyl/N-ethyl adjacent to an activating group) is 1. The summed E-state index contributed by atoms with van der Waals surface area (Å²) in [5.41, 5.74) is 0. The maximum atomic E-state index is 12.9. The number of esters is 2. The van der Waals surface area contributed by atoms with Gasteiger partial charge in [-0.2, -0.15) is 0 Å². The van der Waals surface area contributed by atoms with Crippen LogP contribution in [0, 0.1) is 0 Å². The van der Waals surface area contributed by atoms with Gasteiger partial charge in [-0.25, -0.2) is 0 Å². The first-order valence-corrected chi connectivity index (χ1v) is 36.7. The molecule has 0 aliphatic heterocycles. The quantitative estimate of drug-likeness (QED) is 0.0195. The summed E-state index contributed by atoms with van der Waals surface area (Å²) >= 11 is 0. The van der Waals surface area contributed by atoms with Crippen molar-refractivity contribution >= 4 is 17.9 Å². The fourth-order valence-electron chi connectivity index (χ4n) is 10.5. The number of unbranched alkanes of at least 4 members (excludes halogenated alkanes) is 39. The number of hydrogen-bond acceptors (Lipinski definition) is 8. The Balaban J connectivity index is 4.01. The molecule has 0 spiro atoms. The Bertz CT molecular complexity index is 1700. The SMILES string of the molecule is CC/C=C\C/C=C\C/C=C\C/C=C\C/C=C\C/C=C\CCCCCCC(=O)OC(COC(=O)CCCCCCCCCCCCCCCCCCCCCCCCCCCCC/C=C\CCCCCCCCCC)COC(OCC[N+](C)(C)C)C(=O)[O-]. The Morgan fingerprint density at radius 1 is 0.356 bits per heavy atom. The van der Waals surface area contributed by atoms with E-state index in [9.17, 15) is 19.5 Å². The number of carbonyl (C=O) groups excluding carboxylic acids is 3. The van der Waals surface area contributed by atoms with Crippen molar-refractivity contribution < 1.29 is 42.9 Å². The van der Waals surface area contributed by atoms with Crippen molar-refractivity contribution in [1.29, 1.82) is 0 Å². The van der Waals surface area contributed by atoms with Crippen LogP contribution in [0.4, 0.5) is 0 Å². The predicted molar refractivity (Wildman–Crippen MR) is 371 cm³/mol. The minimum atomic E-state index is -1.63. The van der Waals surface area contributed by atoms with Gasteiger partial charge in [-0.3, -0.25) is 9.59 Å². The van der Waals surface area contributed by atoms with E-state index in [1.807, 2.05) is 21.1 Å². The number of allylic oxidation sites excluding steroid dienone is 14. The Morgan fingerprint density at radius 2 is 0.655 bits per heavy atom. The van der Waals surface area contributed by atoms with Crippen molar-refractivity contribution in [1.82, 2.24) is 0 Å². The summed E-state index contributed by atoms with van der Waals surface area (Å²) in [4.78, 5) is 37.5. The lowest BCUT2D eigenvalue weighted by atomic mass is 10.0. The van der Waals surface area contributed by atoms with Gasteiger partial charge in [0, 0.05) is 12.8 Å². The molecule has 0 aliphatic rings. The zero-order valence-corrected chi connectivity index (χ0v) is 57.6. The molecule has 0 amide bonds. The van der Waals surface area contributed by atoms with E-state index in [0.717, 1.165) is 83.5 Å².